The van der Waals surface area contributed by atoms with Gasteiger partial charge in [-0.25, -0.2) is 0 Å². The minimum Gasteiger partial charge on any atom is -0.372 e. The molecule has 2 aromatic rings. The van der Waals surface area contributed by atoms with E-state index in [-0.39, 0.29) is 0 Å². The number of hydrogen-bond donors (Lipinski definition) is 0. The molecule has 3 heteroatoms. The molecule has 3 rings (SSSR count). The van der Waals surface area contributed by atoms with Gasteiger partial charge in [-0.3, -0.25) is 4.90 Å². The topological polar surface area (TPSA) is 9.72 Å². The molecule has 31 heavy (non-hydrogen) atoms. The van der Waals surface area contributed by atoms with E-state index >= 15 is 0 Å². The van der Waals surface area contributed by atoms with Crippen LogP contribution in [0.1, 0.15) is 45.2 Å². The molecule has 1 fully saturated rings. The summed E-state index contributed by atoms with van der Waals surface area (Å²) < 4.78 is 0. The van der Waals surface area contributed by atoms with Crippen LogP contribution >= 0.6 is 0 Å². The zero-order chi connectivity index (χ0) is 22.2. The molecule has 1 heterocycles. The Kier molecular flexibility index (Phi) is 8.36. The summed E-state index contributed by atoms with van der Waals surface area (Å²) in [6.07, 6.45) is 1.03. The predicted molar refractivity (Wildman–Crippen MR) is 135 cm³/mol. The third kappa shape index (κ3) is 5.40. The molecule has 1 aliphatic heterocycles. The Bertz CT molecular complexity index is 801. The lowest BCUT2D eigenvalue weighted by molar-refractivity contribution is 0.352. The largest absolute Gasteiger partial charge is 0.372 e. The minimum atomic E-state index is 1.02. The van der Waals surface area contributed by atoms with Crippen LogP contribution < -0.4 is 0 Å². The third-order valence-corrected chi connectivity index (χ3v) is 6.27. The quantitative estimate of drug-likeness (QED) is 0.535. The van der Waals surface area contributed by atoms with Gasteiger partial charge in [0.1, 0.15) is 0 Å². The summed E-state index contributed by atoms with van der Waals surface area (Å²) >= 11 is 0. The zero-order valence-electron chi connectivity index (χ0n) is 20.1. The molecular formula is C28H39N3. The Morgan fingerprint density at radius 3 is 1.32 bits per heavy atom. The molecule has 1 saturated heterocycles. The number of nitrogens with zero attached hydrogens (tertiary/aromatic N) is 3. The molecule has 0 bridgehead atoms. The van der Waals surface area contributed by atoms with Crippen LogP contribution in [0.2, 0.25) is 0 Å². The highest BCUT2D eigenvalue weighted by Gasteiger charge is 2.25. The molecule has 0 amide bonds. The van der Waals surface area contributed by atoms with Gasteiger partial charge in [0.15, 0.2) is 0 Å². The molecule has 0 N–H and O–H groups in total. The van der Waals surface area contributed by atoms with Gasteiger partial charge in [-0.2, -0.15) is 0 Å². The van der Waals surface area contributed by atoms with Crippen LogP contribution in [0.3, 0.4) is 0 Å². The first-order chi connectivity index (χ1) is 15.1. The van der Waals surface area contributed by atoms with Gasteiger partial charge in [0, 0.05) is 50.7 Å². The molecule has 1 aliphatic rings. The minimum absolute atomic E-state index is 1.02. The van der Waals surface area contributed by atoms with E-state index in [1.807, 2.05) is 0 Å². The molecule has 0 saturated carbocycles. The highest BCUT2D eigenvalue weighted by molar-refractivity contribution is 5.72. The fourth-order valence-electron chi connectivity index (χ4n) is 4.89. The van der Waals surface area contributed by atoms with E-state index in [1.165, 1.54) is 33.7 Å². The first-order valence-corrected chi connectivity index (χ1v) is 11.9. The van der Waals surface area contributed by atoms with Crippen LogP contribution in [0.15, 0.2) is 71.8 Å². The fourth-order valence-corrected chi connectivity index (χ4v) is 4.89. The lowest BCUT2D eigenvalue weighted by atomic mass is 9.91. The maximum atomic E-state index is 2.53. The predicted octanol–water partition coefficient (Wildman–Crippen LogP) is 5.83. The normalized spacial score (nSPS) is 18.0. The van der Waals surface area contributed by atoms with Gasteiger partial charge in [0.25, 0.3) is 0 Å². The Labute approximate surface area is 189 Å². The van der Waals surface area contributed by atoms with Crippen molar-refractivity contribution >= 4 is 11.4 Å². The monoisotopic (exact) mass is 417 g/mol. The molecule has 0 aromatic heterocycles. The summed E-state index contributed by atoms with van der Waals surface area (Å²) in [5, 5.41) is 0. The SMILES string of the molecule is CCN(CC)C(=C1CC(=C(c2ccccc2)N(CC)CC)CN(C)C1)c1ccccc1. The Morgan fingerprint density at radius 2 is 1.00 bits per heavy atom. The van der Waals surface area contributed by atoms with Gasteiger partial charge in [-0.05, 0) is 63.4 Å². The maximum absolute atomic E-state index is 2.53. The lowest BCUT2D eigenvalue weighted by Gasteiger charge is -2.37. The molecular weight excluding hydrogens is 378 g/mol. The maximum Gasteiger partial charge on any atom is 0.0447 e. The number of benzene rings is 2. The standard InChI is InChI=1S/C28H39N3/c1-6-30(7-2)27(23-16-12-10-13-17-23)25-20-26(22-29(5)21-25)28(31(8-3)9-4)24-18-14-11-15-19-24/h10-19H,6-9,20-22H2,1-5H3. The first kappa shape index (κ1) is 23.1. The fraction of sp³-hybridized carbons (Fsp3) is 0.429. The van der Waals surface area contributed by atoms with Crippen molar-refractivity contribution in [2.24, 2.45) is 0 Å². The Hall–Kier alpha value is -2.52. The zero-order valence-corrected chi connectivity index (χ0v) is 20.1. The summed E-state index contributed by atoms with van der Waals surface area (Å²) in [5.74, 6) is 0. The average molecular weight is 418 g/mol. The van der Waals surface area contributed by atoms with E-state index in [4.69, 9.17) is 0 Å². The molecule has 0 radical (unpaired) electrons. The van der Waals surface area contributed by atoms with Gasteiger partial charge < -0.3 is 9.80 Å². The van der Waals surface area contributed by atoms with Gasteiger partial charge >= 0.3 is 0 Å². The second kappa shape index (κ2) is 11.2. The summed E-state index contributed by atoms with van der Waals surface area (Å²) in [6, 6.07) is 21.9. The van der Waals surface area contributed by atoms with Crippen molar-refractivity contribution in [3.05, 3.63) is 82.9 Å². The van der Waals surface area contributed by atoms with Gasteiger partial charge in [-0.15, -0.1) is 0 Å². The van der Waals surface area contributed by atoms with E-state index in [0.717, 1.165) is 45.7 Å². The number of rotatable bonds is 8. The van der Waals surface area contributed by atoms with Crippen LogP contribution in [0, 0.1) is 0 Å². The highest BCUT2D eigenvalue weighted by atomic mass is 15.2. The Morgan fingerprint density at radius 1 is 0.645 bits per heavy atom. The van der Waals surface area contributed by atoms with Crippen LogP contribution in [0.4, 0.5) is 0 Å². The van der Waals surface area contributed by atoms with Crippen LogP contribution in [-0.2, 0) is 0 Å². The van der Waals surface area contributed by atoms with Crippen molar-refractivity contribution in [1.82, 2.24) is 14.7 Å². The van der Waals surface area contributed by atoms with Crippen molar-refractivity contribution in [3.8, 4) is 0 Å². The van der Waals surface area contributed by atoms with Crippen molar-refractivity contribution in [1.29, 1.82) is 0 Å². The summed E-state index contributed by atoms with van der Waals surface area (Å²) in [4.78, 5) is 7.54. The number of likely N-dealkylation sites (N-methyl/N-ethyl adjacent to an activating group) is 1. The Balaban J connectivity index is 2.18. The van der Waals surface area contributed by atoms with Crippen molar-refractivity contribution < 1.29 is 0 Å². The number of likely N-dealkylation sites (tertiary alicyclic amines) is 1. The number of hydrogen-bond acceptors (Lipinski definition) is 3. The van der Waals surface area contributed by atoms with E-state index in [9.17, 15) is 0 Å². The summed E-state index contributed by atoms with van der Waals surface area (Å²) in [6.45, 7) is 15.2. The summed E-state index contributed by atoms with van der Waals surface area (Å²) in [7, 11) is 2.26. The van der Waals surface area contributed by atoms with Crippen LogP contribution in [0.25, 0.3) is 11.4 Å². The molecule has 0 atom stereocenters. The van der Waals surface area contributed by atoms with E-state index in [0.29, 0.717) is 0 Å². The molecule has 2 aromatic carbocycles. The van der Waals surface area contributed by atoms with Crippen molar-refractivity contribution in [2.75, 3.05) is 46.3 Å². The second-order valence-corrected chi connectivity index (χ2v) is 8.33. The van der Waals surface area contributed by atoms with Gasteiger partial charge in [0.2, 0.25) is 0 Å². The molecule has 0 unspecified atom stereocenters. The van der Waals surface area contributed by atoms with Crippen LogP contribution in [0.5, 0.6) is 0 Å². The molecule has 0 aliphatic carbocycles. The smallest absolute Gasteiger partial charge is 0.0447 e. The number of piperidine rings is 1. The van der Waals surface area contributed by atoms with Gasteiger partial charge in [-0.1, -0.05) is 60.7 Å². The first-order valence-electron chi connectivity index (χ1n) is 11.9. The molecule has 0 spiro atoms. The van der Waals surface area contributed by atoms with E-state index in [2.05, 4.69) is 110 Å². The highest BCUT2D eigenvalue weighted by Crippen LogP contribution is 2.35. The van der Waals surface area contributed by atoms with Crippen molar-refractivity contribution in [2.45, 2.75) is 34.1 Å². The average Bonchev–Trinajstić information content (AvgIpc) is 2.81. The summed E-state index contributed by atoms with van der Waals surface area (Å²) in [5.41, 5.74) is 8.56. The van der Waals surface area contributed by atoms with Crippen molar-refractivity contribution in [3.63, 3.8) is 0 Å². The third-order valence-electron chi connectivity index (χ3n) is 6.27. The molecule has 166 valence electrons. The van der Waals surface area contributed by atoms with Gasteiger partial charge in [0.05, 0.1) is 0 Å². The van der Waals surface area contributed by atoms with E-state index in [1.54, 1.807) is 0 Å². The molecule has 3 nitrogen and oxygen atoms in total. The second-order valence-electron chi connectivity index (χ2n) is 8.33. The van der Waals surface area contributed by atoms with E-state index < -0.39 is 0 Å². The lowest BCUT2D eigenvalue weighted by Crippen LogP contribution is -2.34. The van der Waals surface area contributed by atoms with Crippen LogP contribution in [-0.4, -0.2) is 61.0 Å².